The third-order valence-electron chi connectivity index (χ3n) is 3.30. The number of nitrogens with one attached hydrogen (secondary N) is 1. The highest BCUT2D eigenvalue weighted by molar-refractivity contribution is 7.10. The lowest BCUT2D eigenvalue weighted by atomic mass is 10.1. The van der Waals surface area contributed by atoms with E-state index in [1.165, 1.54) is 6.07 Å². The van der Waals surface area contributed by atoms with Gasteiger partial charge >= 0.3 is 5.97 Å². The summed E-state index contributed by atoms with van der Waals surface area (Å²) in [5.41, 5.74) is -0.0192. The number of amides is 1. The number of carbonyl (C=O) groups excluding carboxylic acids is 1. The monoisotopic (exact) mass is 291 g/mol. The lowest BCUT2D eigenvalue weighted by Crippen LogP contribution is -2.29. The fourth-order valence-corrected chi connectivity index (χ4v) is 2.97. The van der Waals surface area contributed by atoms with Crippen LogP contribution in [0.2, 0.25) is 0 Å². The number of hydrogen-bond acceptors (Lipinski definition) is 4. The van der Waals surface area contributed by atoms with Crippen LogP contribution in [0, 0.1) is 5.92 Å². The van der Waals surface area contributed by atoms with E-state index in [1.807, 2.05) is 17.5 Å². The smallest absolute Gasteiger partial charge is 0.338 e. The normalized spacial score (nSPS) is 15.8. The van der Waals surface area contributed by atoms with E-state index in [-0.39, 0.29) is 23.3 Å². The number of carboxylic acid groups (broad SMARTS) is 1. The molecular formula is C14H13NO4S. The Bertz CT molecular complexity index is 627. The van der Waals surface area contributed by atoms with E-state index in [0.717, 1.165) is 24.0 Å². The Morgan fingerprint density at radius 3 is 2.80 bits per heavy atom. The van der Waals surface area contributed by atoms with Gasteiger partial charge in [0.05, 0.1) is 11.6 Å². The minimum Gasteiger partial charge on any atom is -0.478 e. The lowest BCUT2D eigenvalue weighted by Gasteiger charge is -2.15. The molecule has 1 unspecified atom stereocenters. The van der Waals surface area contributed by atoms with E-state index >= 15 is 0 Å². The average molecular weight is 291 g/mol. The van der Waals surface area contributed by atoms with Gasteiger partial charge in [0.2, 0.25) is 0 Å². The fraction of sp³-hybridized carbons (Fsp3) is 0.286. The summed E-state index contributed by atoms with van der Waals surface area (Å²) in [6.07, 6.45) is 3.28. The third kappa shape index (κ3) is 2.60. The van der Waals surface area contributed by atoms with Crippen LogP contribution in [0.15, 0.2) is 34.3 Å². The molecule has 1 atom stereocenters. The summed E-state index contributed by atoms with van der Waals surface area (Å²) in [5, 5.41) is 13.7. The molecule has 0 radical (unpaired) electrons. The molecule has 20 heavy (non-hydrogen) atoms. The Morgan fingerprint density at radius 2 is 2.25 bits per heavy atom. The minimum atomic E-state index is -1.11. The number of hydrogen-bond donors (Lipinski definition) is 2. The van der Waals surface area contributed by atoms with Gasteiger partial charge in [0.15, 0.2) is 5.76 Å². The first kappa shape index (κ1) is 12.9. The molecule has 1 aliphatic rings. The van der Waals surface area contributed by atoms with Crippen molar-refractivity contribution in [3.8, 4) is 0 Å². The van der Waals surface area contributed by atoms with Crippen molar-refractivity contribution in [3.63, 3.8) is 0 Å². The first-order valence-corrected chi connectivity index (χ1v) is 7.19. The van der Waals surface area contributed by atoms with Gasteiger partial charge in [-0.2, -0.15) is 0 Å². The molecule has 2 heterocycles. The Labute approximate surface area is 119 Å². The molecule has 2 aromatic rings. The zero-order valence-corrected chi connectivity index (χ0v) is 11.4. The first-order valence-electron chi connectivity index (χ1n) is 6.31. The van der Waals surface area contributed by atoms with Gasteiger partial charge < -0.3 is 14.8 Å². The Hall–Kier alpha value is -2.08. The standard InChI is InChI=1S/C14H13NO4S/c16-13(10-6-9(7-19-10)14(17)18)15-12(8-3-4-8)11-2-1-5-20-11/h1-2,5-8,12H,3-4H2,(H,15,16)(H,17,18). The lowest BCUT2D eigenvalue weighted by molar-refractivity contribution is 0.0695. The van der Waals surface area contributed by atoms with Crippen LogP contribution in [-0.2, 0) is 0 Å². The van der Waals surface area contributed by atoms with E-state index in [1.54, 1.807) is 11.3 Å². The molecule has 2 N–H and O–H groups in total. The Morgan fingerprint density at radius 1 is 1.45 bits per heavy atom. The number of aromatic carboxylic acids is 1. The molecule has 104 valence electrons. The topological polar surface area (TPSA) is 79.5 Å². The molecule has 1 amide bonds. The highest BCUT2D eigenvalue weighted by atomic mass is 32.1. The molecule has 2 aromatic heterocycles. The molecule has 1 fully saturated rings. The summed E-state index contributed by atoms with van der Waals surface area (Å²) in [5.74, 6) is -0.983. The fourth-order valence-electron chi connectivity index (χ4n) is 2.10. The molecule has 0 bridgehead atoms. The maximum Gasteiger partial charge on any atom is 0.338 e. The second-order valence-electron chi connectivity index (χ2n) is 4.81. The number of carboxylic acids is 1. The van der Waals surface area contributed by atoms with Crippen LogP contribution in [0.3, 0.4) is 0 Å². The summed E-state index contributed by atoms with van der Waals surface area (Å²) in [6.45, 7) is 0. The van der Waals surface area contributed by atoms with E-state index in [9.17, 15) is 9.59 Å². The number of rotatable bonds is 5. The zero-order valence-electron chi connectivity index (χ0n) is 10.5. The van der Waals surface area contributed by atoms with Crippen LogP contribution in [0.1, 0.15) is 44.7 Å². The van der Waals surface area contributed by atoms with E-state index in [2.05, 4.69) is 5.32 Å². The van der Waals surface area contributed by atoms with E-state index in [0.29, 0.717) is 5.92 Å². The molecule has 0 aromatic carbocycles. The molecule has 0 aliphatic heterocycles. The van der Waals surface area contributed by atoms with Gasteiger partial charge in [-0.25, -0.2) is 4.79 Å². The molecule has 3 rings (SSSR count). The second kappa shape index (κ2) is 5.13. The van der Waals surface area contributed by atoms with Gasteiger partial charge in [0.1, 0.15) is 6.26 Å². The predicted molar refractivity (Wildman–Crippen MR) is 72.9 cm³/mol. The molecule has 6 heteroatoms. The van der Waals surface area contributed by atoms with E-state index < -0.39 is 5.97 Å². The maximum absolute atomic E-state index is 12.1. The van der Waals surface area contributed by atoms with Gasteiger partial charge in [0, 0.05) is 10.9 Å². The molecular weight excluding hydrogens is 278 g/mol. The molecule has 0 saturated heterocycles. The summed E-state index contributed by atoms with van der Waals surface area (Å²) in [7, 11) is 0. The second-order valence-corrected chi connectivity index (χ2v) is 5.79. The minimum absolute atomic E-state index is 0.0131. The SMILES string of the molecule is O=C(O)c1coc(C(=O)NC(c2cccs2)C2CC2)c1. The van der Waals surface area contributed by atoms with Crippen molar-refractivity contribution in [1.82, 2.24) is 5.32 Å². The number of carbonyl (C=O) groups is 2. The molecule has 5 nitrogen and oxygen atoms in total. The van der Waals surface area contributed by atoms with Gasteiger partial charge in [-0.05, 0) is 30.2 Å². The number of furan rings is 1. The summed E-state index contributed by atoms with van der Waals surface area (Å²) >= 11 is 1.61. The van der Waals surface area contributed by atoms with Crippen molar-refractivity contribution in [2.75, 3.05) is 0 Å². The quantitative estimate of drug-likeness (QED) is 0.887. The van der Waals surface area contributed by atoms with Gasteiger partial charge in [-0.15, -0.1) is 11.3 Å². The average Bonchev–Trinajstić information content (AvgIpc) is 2.95. The predicted octanol–water partition coefficient (Wildman–Crippen LogP) is 2.92. The van der Waals surface area contributed by atoms with Crippen molar-refractivity contribution in [1.29, 1.82) is 0 Å². The van der Waals surface area contributed by atoms with Crippen LogP contribution in [0.25, 0.3) is 0 Å². The molecule has 1 saturated carbocycles. The van der Waals surface area contributed by atoms with Gasteiger partial charge in [0.25, 0.3) is 5.91 Å². The van der Waals surface area contributed by atoms with Crippen LogP contribution >= 0.6 is 11.3 Å². The largest absolute Gasteiger partial charge is 0.478 e. The van der Waals surface area contributed by atoms with Crippen LogP contribution in [-0.4, -0.2) is 17.0 Å². The highest BCUT2D eigenvalue weighted by Crippen LogP contribution is 2.42. The van der Waals surface area contributed by atoms with E-state index in [4.69, 9.17) is 9.52 Å². The summed E-state index contributed by atoms with van der Waals surface area (Å²) < 4.78 is 5.02. The van der Waals surface area contributed by atoms with Crippen molar-refractivity contribution in [2.24, 2.45) is 5.92 Å². The summed E-state index contributed by atoms with van der Waals surface area (Å²) in [6, 6.07) is 5.19. The zero-order chi connectivity index (χ0) is 14.1. The maximum atomic E-state index is 12.1. The summed E-state index contributed by atoms with van der Waals surface area (Å²) in [4.78, 5) is 24.0. The molecule has 1 aliphatic carbocycles. The van der Waals surface area contributed by atoms with Crippen molar-refractivity contribution in [2.45, 2.75) is 18.9 Å². The van der Waals surface area contributed by atoms with Gasteiger partial charge in [-0.3, -0.25) is 4.79 Å². The van der Waals surface area contributed by atoms with Crippen molar-refractivity contribution < 1.29 is 19.1 Å². The Balaban J connectivity index is 1.74. The van der Waals surface area contributed by atoms with Crippen LogP contribution in [0.4, 0.5) is 0 Å². The van der Waals surface area contributed by atoms with Crippen molar-refractivity contribution in [3.05, 3.63) is 46.0 Å². The van der Waals surface area contributed by atoms with Crippen LogP contribution < -0.4 is 5.32 Å². The third-order valence-corrected chi connectivity index (χ3v) is 4.26. The van der Waals surface area contributed by atoms with Gasteiger partial charge in [-0.1, -0.05) is 6.07 Å². The van der Waals surface area contributed by atoms with Crippen LogP contribution in [0.5, 0.6) is 0 Å². The first-order chi connectivity index (χ1) is 9.65. The number of thiophene rings is 1. The Kier molecular flexibility index (Phi) is 3.31. The highest BCUT2D eigenvalue weighted by Gasteiger charge is 2.34. The molecule has 0 spiro atoms. The van der Waals surface area contributed by atoms with Crippen molar-refractivity contribution >= 4 is 23.2 Å².